The Morgan fingerprint density at radius 3 is 2.84 bits per heavy atom. The molecule has 0 bridgehead atoms. The zero-order valence-corrected chi connectivity index (χ0v) is 21.0. The number of amides is 1. The summed E-state index contributed by atoms with van der Waals surface area (Å²) < 4.78 is 10.5. The summed E-state index contributed by atoms with van der Waals surface area (Å²) in [4.78, 5) is 41.8. The number of fused-ring (bicyclic) bond motifs is 2. The quantitative estimate of drug-likeness (QED) is 0.271. The number of hydrogen-bond donors (Lipinski definition) is 1. The lowest BCUT2D eigenvalue weighted by Gasteiger charge is -2.26. The Morgan fingerprint density at radius 1 is 1.11 bits per heavy atom. The number of carbonyl (C=O) groups excluding carboxylic acids is 2. The van der Waals surface area contributed by atoms with Gasteiger partial charge in [-0.1, -0.05) is 17.7 Å². The van der Waals surface area contributed by atoms with Crippen LogP contribution in [0.5, 0.6) is 0 Å². The van der Waals surface area contributed by atoms with Crippen LogP contribution in [0.1, 0.15) is 12.0 Å². The number of pyridine rings is 1. The van der Waals surface area contributed by atoms with Gasteiger partial charge in [0.2, 0.25) is 5.91 Å². The monoisotopic (exact) mass is 522 g/mol. The van der Waals surface area contributed by atoms with Crippen LogP contribution in [0.4, 0.5) is 17.3 Å². The number of carbonyl (C=O) groups is 2. The van der Waals surface area contributed by atoms with Gasteiger partial charge in [0.15, 0.2) is 0 Å². The number of benzene rings is 1. The summed E-state index contributed by atoms with van der Waals surface area (Å²) in [5, 5.41) is 4.08. The number of nitrogens with one attached hydrogen (secondary N) is 1. The van der Waals surface area contributed by atoms with Gasteiger partial charge in [0, 0.05) is 54.4 Å². The van der Waals surface area contributed by atoms with Crippen LogP contribution in [0.25, 0.3) is 10.9 Å². The molecule has 0 radical (unpaired) electrons. The number of morpholine rings is 1. The van der Waals surface area contributed by atoms with Crippen LogP contribution < -0.4 is 10.2 Å². The zero-order valence-electron chi connectivity index (χ0n) is 20.2. The number of halogens is 1. The molecule has 1 N–H and O–H groups in total. The second kappa shape index (κ2) is 11.6. The van der Waals surface area contributed by atoms with Crippen molar-refractivity contribution in [1.29, 1.82) is 0 Å². The molecule has 37 heavy (non-hydrogen) atoms. The van der Waals surface area contributed by atoms with Crippen molar-refractivity contribution in [2.45, 2.75) is 12.8 Å². The van der Waals surface area contributed by atoms with E-state index in [9.17, 15) is 9.59 Å². The van der Waals surface area contributed by atoms with Gasteiger partial charge in [-0.25, -0.2) is 19.7 Å². The minimum Gasteiger partial charge on any atom is -0.462 e. The van der Waals surface area contributed by atoms with Gasteiger partial charge in [0.1, 0.15) is 18.0 Å². The fourth-order valence-corrected chi connectivity index (χ4v) is 4.61. The predicted molar refractivity (Wildman–Crippen MR) is 140 cm³/mol. The number of ether oxygens (including phenoxy) is 2. The number of rotatable bonds is 8. The molecule has 1 fully saturated rings. The Hall–Kier alpha value is -3.60. The molecule has 0 aliphatic carbocycles. The molecule has 0 atom stereocenters. The Morgan fingerprint density at radius 2 is 1.97 bits per heavy atom. The SMILES string of the molecule is O=C(C=CC(=O)OCCCN1CCOCC1)Nc1cc2c(N3CCc4ccc(Cl)cc43)ncnc2cn1. The summed E-state index contributed by atoms with van der Waals surface area (Å²) >= 11 is 6.23. The highest BCUT2D eigenvalue weighted by Crippen LogP contribution is 2.38. The topological polar surface area (TPSA) is 110 Å². The van der Waals surface area contributed by atoms with Crippen molar-refractivity contribution in [1.82, 2.24) is 19.9 Å². The average molecular weight is 523 g/mol. The molecule has 5 rings (SSSR count). The summed E-state index contributed by atoms with van der Waals surface area (Å²) in [6, 6.07) is 7.56. The van der Waals surface area contributed by atoms with Crippen molar-refractivity contribution in [3.8, 4) is 0 Å². The molecule has 10 nitrogen and oxygen atoms in total. The Bertz CT molecular complexity index is 1330. The summed E-state index contributed by atoms with van der Waals surface area (Å²) in [5.41, 5.74) is 2.84. The molecule has 11 heteroatoms. The molecular formula is C26H27ClN6O4. The van der Waals surface area contributed by atoms with Crippen LogP contribution in [-0.4, -0.2) is 77.7 Å². The first kappa shape index (κ1) is 25.1. The van der Waals surface area contributed by atoms with E-state index in [2.05, 4.69) is 30.1 Å². The Kier molecular flexibility index (Phi) is 7.88. The highest BCUT2D eigenvalue weighted by molar-refractivity contribution is 6.31. The third-order valence-electron chi connectivity index (χ3n) is 6.29. The van der Waals surface area contributed by atoms with Crippen LogP contribution in [0.15, 0.2) is 48.9 Å². The maximum atomic E-state index is 12.4. The van der Waals surface area contributed by atoms with Crippen molar-refractivity contribution >= 4 is 51.7 Å². The molecule has 0 unspecified atom stereocenters. The molecule has 0 saturated carbocycles. The minimum atomic E-state index is -0.564. The van der Waals surface area contributed by atoms with E-state index < -0.39 is 11.9 Å². The van der Waals surface area contributed by atoms with Gasteiger partial charge in [-0.15, -0.1) is 0 Å². The smallest absolute Gasteiger partial charge is 0.330 e. The Labute approximate surface area is 219 Å². The molecule has 2 aromatic heterocycles. The third-order valence-corrected chi connectivity index (χ3v) is 6.52. The van der Waals surface area contributed by atoms with Gasteiger partial charge in [0.25, 0.3) is 0 Å². The summed E-state index contributed by atoms with van der Waals surface area (Å²) in [5.74, 6) is -0.0258. The van der Waals surface area contributed by atoms with E-state index in [-0.39, 0.29) is 0 Å². The molecule has 3 aromatic rings. The zero-order chi connectivity index (χ0) is 25.6. The molecular weight excluding hydrogens is 496 g/mol. The van der Waals surface area contributed by atoms with E-state index in [1.54, 1.807) is 12.3 Å². The fourth-order valence-electron chi connectivity index (χ4n) is 4.45. The van der Waals surface area contributed by atoms with E-state index in [1.165, 1.54) is 11.9 Å². The van der Waals surface area contributed by atoms with Gasteiger partial charge >= 0.3 is 5.97 Å². The van der Waals surface area contributed by atoms with E-state index >= 15 is 0 Å². The second-order valence-corrected chi connectivity index (χ2v) is 9.19. The minimum absolute atomic E-state index is 0.294. The lowest BCUT2D eigenvalue weighted by molar-refractivity contribution is -0.138. The average Bonchev–Trinajstić information content (AvgIpc) is 3.33. The summed E-state index contributed by atoms with van der Waals surface area (Å²) in [7, 11) is 0. The summed E-state index contributed by atoms with van der Waals surface area (Å²) in [6.07, 6.45) is 6.93. The van der Waals surface area contributed by atoms with E-state index in [4.69, 9.17) is 21.1 Å². The number of esters is 1. The molecule has 4 heterocycles. The van der Waals surface area contributed by atoms with Gasteiger partial charge in [-0.2, -0.15) is 0 Å². The van der Waals surface area contributed by atoms with Gasteiger partial charge in [-0.05, 0) is 36.6 Å². The molecule has 0 spiro atoms. The number of nitrogens with zero attached hydrogens (tertiary/aromatic N) is 5. The van der Waals surface area contributed by atoms with Crippen LogP contribution in [-0.2, 0) is 25.5 Å². The number of hydrogen-bond acceptors (Lipinski definition) is 9. The second-order valence-electron chi connectivity index (χ2n) is 8.76. The standard InChI is InChI=1S/C26H27ClN6O4/c27-19-3-2-18-6-8-33(22(18)14-19)26-20-15-23(28-16-21(20)29-17-30-26)31-24(34)4-5-25(35)37-11-1-7-32-9-12-36-13-10-32/h2-5,14-17H,1,6-13H2,(H,28,31,34). The largest absolute Gasteiger partial charge is 0.462 e. The first-order valence-electron chi connectivity index (χ1n) is 12.2. The normalized spacial score (nSPS) is 15.8. The van der Waals surface area contributed by atoms with Crippen LogP contribution in [0.3, 0.4) is 0 Å². The molecule has 1 aromatic carbocycles. The molecule has 192 valence electrons. The van der Waals surface area contributed by atoms with Crippen molar-refractivity contribution in [3.63, 3.8) is 0 Å². The van der Waals surface area contributed by atoms with Crippen molar-refractivity contribution in [2.24, 2.45) is 0 Å². The Balaban J connectivity index is 1.19. The first-order chi connectivity index (χ1) is 18.1. The van der Waals surface area contributed by atoms with Crippen LogP contribution in [0.2, 0.25) is 5.02 Å². The molecule has 2 aliphatic rings. The lowest BCUT2D eigenvalue weighted by atomic mass is 10.2. The van der Waals surface area contributed by atoms with Crippen molar-refractivity contribution in [2.75, 3.05) is 56.2 Å². The molecule has 2 aliphatic heterocycles. The predicted octanol–water partition coefficient (Wildman–Crippen LogP) is 3.13. The maximum Gasteiger partial charge on any atom is 0.330 e. The molecule has 1 amide bonds. The first-order valence-corrected chi connectivity index (χ1v) is 12.6. The van der Waals surface area contributed by atoms with E-state index in [1.807, 2.05) is 18.2 Å². The van der Waals surface area contributed by atoms with Gasteiger partial charge in [-0.3, -0.25) is 9.69 Å². The number of aromatic nitrogens is 3. The van der Waals surface area contributed by atoms with Crippen molar-refractivity contribution in [3.05, 3.63) is 59.5 Å². The molecule has 1 saturated heterocycles. The lowest BCUT2D eigenvalue weighted by Crippen LogP contribution is -2.37. The van der Waals surface area contributed by atoms with Crippen LogP contribution in [0, 0.1) is 0 Å². The van der Waals surface area contributed by atoms with Gasteiger partial charge < -0.3 is 19.7 Å². The summed E-state index contributed by atoms with van der Waals surface area (Å²) in [6.45, 7) is 5.15. The van der Waals surface area contributed by atoms with Gasteiger partial charge in [0.05, 0.1) is 31.5 Å². The highest BCUT2D eigenvalue weighted by Gasteiger charge is 2.24. The number of anilines is 3. The van der Waals surface area contributed by atoms with Crippen LogP contribution >= 0.6 is 11.6 Å². The third kappa shape index (κ3) is 6.22. The van der Waals surface area contributed by atoms with E-state index in [0.717, 1.165) is 75.5 Å². The fraction of sp³-hybridized carbons (Fsp3) is 0.346. The van der Waals surface area contributed by atoms with Crippen molar-refractivity contribution < 1.29 is 19.1 Å². The highest BCUT2D eigenvalue weighted by atomic mass is 35.5. The maximum absolute atomic E-state index is 12.4. The van der Waals surface area contributed by atoms with E-state index in [0.29, 0.717) is 28.8 Å².